The average molecular weight is 266 g/mol. The third-order valence-electron chi connectivity index (χ3n) is 3.94. The Labute approximate surface area is 115 Å². The molecule has 0 radical (unpaired) electrons. The fourth-order valence-corrected chi connectivity index (χ4v) is 3.89. The summed E-state index contributed by atoms with van der Waals surface area (Å²) in [4.78, 5) is 6.53. The average Bonchev–Trinajstić information content (AvgIpc) is 2.83. The highest BCUT2D eigenvalue weighted by molar-refractivity contribution is 7.11. The first-order valence-corrected chi connectivity index (χ1v) is 8.28. The van der Waals surface area contributed by atoms with E-state index in [0.717, 1.165) is 13.1 Å². The summed E-state index contributed by atoms with van der Waals surface area (Å²) in [7, 11) is 0. The Morgan fingerprint density at radius 3 is 3.00 bits per heavy atom. The van der Waals surface area contributed by atoms with Gasteiger partial charge in [0.2, 0.25) is 0 Å². The predicted octanol–water partition coefficient (Wildman–Crippen LogP) is 4.08. The fraction of sp³-hybridized carbons (Fsp3) is 0.800. The number of hydrogen-bond acceptors (Lipinski definition) is 3. The standard InChI is InChI=1S/C15H26N2S/c1-4-9-16-10-12-7-6-8-13-14(12)17-15(18-13)11(3)5-2/h11-12,16H,4-10H2,1-3H3. The predicted molar refractivity (Wildman–Crippen MR) is 79.7 cm³/mol. The lowest BCUT2D eigenvalue weighted by atomic mass is 9.91. The molecule has 0 saturated carbocycles. The third kappa shape index (κ3) is 3.12. The highest BCUT2D eigenvalue weighted by Crippen LogP contribution is 2.37. The van der Waals surface area contributed by atoms with Gasteiger partial charge in [0.15, 0.2) is 0 Å². The van der Waals surface area contributed by atoms with E-state index in [2.05, 4.69) is 26.1 Å². The molecule has 102 valence electrons. The van der Waals surface area contributed by atoms with E-state index < -0.39 is 0 Å². The molecule has 0 bridgehead atoms. The number of hydrogen-bond donors (Lipinski definition) is 1. The summed E-state index contributed by atoms with van der Waals surface area (Å²) in [6.07, 6.45) is 6.33. The van der Waals surface area contributed by atoms with E-state index in [1.807, 2.05) is 11.3 Å². The minimum atomic E-state index is 0.629. The van der Waals surface area contributed by atoms with Crippen LogP contribution in [0.4, 0.5) is 0 Å². The van der Waals surface area contributed by atoms with Crippen LogP contribution in [0.5, 0.6) is 0 Å². The largest absolute Gasteiger partial charge is 0.316 e. The summed E-state index contributed by atoms with van der Waals surface area (Å²) in [5.74, 6) is 1.29. The number of fused-ring (bicyclic) bond motifs is 1. The van der Waals surface area contributed by atoms with Crippen LogP contribution in [0.15, 0.2) is 0 Å². The molecule has 0 spiro atoms. The minimum Gasteiger partial charge on any atom is -0.316 e. The molecule has 0 fully saturated rings. The molecule has 0 aromatic carbocycles. The number of thiazole rings is 1. The first kappa shape index (κ1) is 14.0. The van der Waals surface area contributed by atoms with Gasteiger partial charge in [-0.3, -0.25) is 0 Å². The van der Waals surface area contributed by atoms with Crippen LogP contribution in [0.1, 0.15) is 73.9 Å². The van der Waals surface area contributed by atoms with Crippen LogP contribution in [0, 0.1) is 0 Å². The Morgan fingerprint density at radius 1 is 1.44 bits per heavy atom. The van der Waals surface area contributed by atoms with Gasteiger partial charge < -0.3 is 5.32 Å². The molecular weight excluding hydrogens is 240 g/mol. The number of aromatic nitrogens is 1. The van der Waals surface area contributed by atoms with Crippen molar-refractivity contribution in [2.45, 2.75) is 64.7 Å². The molecule has 1 aliphatic carbocycles. The van der Waals surface area contributed by atoms with Crippen LogP contribution in [0.25, 0.3) is 0 Å². The molecule has 1 N–H and O–H groups in total. The lowest BCUT2D eigenvalue weighted by molar-refractivity contribution is 0.500. The zero-order valence-electron chi connectivity index (χ0n) is 12.0. The third-order valence-corrected chi connectivity index (χ3v) is 5.30. The molecule has 1 aromatic rings. The van der Waals surface area contributed by atoms with E-state index in [4.69, 9.17) is 4.98 Å². The Morgan fingerprint density at radius 2 is 2.28 bits per heavy atom. The van der Waals surface area contributed by atoms with Crippen LogP contribution < -0.4 is 5.32 Å². The second-order valence-corrected chi connectivity index (χ2v) is 6.58. The maximum atomic E-state index is 4.96. The number of nitrogens with one attached hydrogen (secondary N) is 1. The van der Waals surface area contributed by atoms with E-state index >= 15 is 0 Å². The molecule has 2 unspecified atom stereocenters. The van der Waals surface area contributed by atoms with Crippen molar-refractivity contribution in [3.8, 4) is 0 Å². The van der Waals surface area contributed by atoms with Gasteiger partial charge in [0.25, 0.3) is 0 Å². The molecule has 18 heavy (non-hydrogen) atoms. The van der Waals surface area contributed by atoms with Crippen molar-refractivity contribution in [2.24, 2.45) is 0 Å². The van der Waals surface area contributed by atoms with Crippen LogP contribution in [0.2, 0.25) is 0 Å². The smallest absolute Gasteiger partial charge is 0.0959 e. The summed E-state index contributed by atoms with van der Waals surface area (Å²) in [6, 6.07) is 0. The number of rotatable bonds is 6. The molecule has 3 heteroatoms. The molecule has 0 saturated heterocycles. The molecule has 1 aliphatic rings. The van der Waals surface area contributed by atoms with E-state index in [-0.39, 0.29) is 0 Å². The highest BCUT2D eigenvalue weighted by atomic mass is 32.1. The van der Waals surface area contributed by atoms with Crippen molar-refractivity contribution < 1.29 is 0 Å². The van der Waals surface area contributed by atoms with E-state index in [1.54, 1.807) is 4.88 Å². The van der Waals surface area contributed by atoms with Gasteiger partial charge in [-0.15, -0.1) is 11.3 Å². The molecule has 0 aliphatic heterocycles. The van der Waals surface area contributed by atoms with Crippen molar-refractivity contribution in [3.63, 3.8) is 0 Å². The first-order chi connectivity index (χ1) is 8.76. The summed E-state index contributed by atoms with van der Waals surface area (Å²) in [5.41, 5.74) is 1.42. The number of nitrogens with zero attached hydrogens (tertiary/aromatic N) is 1. The Hall–Kier alpha value is -0.410. The molecule has 1 heterocycles. The molecule has 2 rings (SSSR count). The SMILES string of the molecule is CCCNCC1CCCc2sc(C(C)CC)nc21. The van der Waals surface area contributed by atoms with Crippen molar-refractivity contribution in [3.05, 3.63) is 15.6 Å². The van der Waals surface area contributed by atoms with Gasteiger partial charge in [0, 0.05) is 23.3 Å². The maximum Gasteiger partial charge on any atom is 0.0959 e. The first-order valence-electron chi connectivity index (χ1n) is 7.46. The topological polar surface area (TPSA) is 24.9 Å². The van der Waals surface area contributed by atoms with Crippen LogP contribution in [0.3, 0.4) is 0 Å². The zero-order valence-corrected chi connectivity index (χ0v) is 12.8. The van der Waals surface area contributed by atoms with Gasteiger partial charge in [-0.25, -0.2) is 4.98 Å². The van der Waals surface area contributed by atoms with E-state index in [1.165, 1.54) is 42.8 Å². The second kappa shape index (κ2) is 6.67. The quantitative estimate of drug-likeness (QED) is 0.785. The van der Waals surface area contributed by atoms with Gasteiger partial charge in [0.05, 0.1) is 10.7 Å². The fourth-order valence-electron chi connectivity index (χ4n) is 2.56. The summed E-state index contributed by atoms with van der Waals surface area (Å²) in [5, 5.41) is 4.93. The van der Waals surface area contributed by atoms with Crippen LogP contribution in [-0.2, 0) is 6.42 Å². The van der Waals surface area contributed by atoms with E-state index in [0.29, 0.717) is 11.8 Å². The van der Waals surface area contributed by atoms with Crippen molar-refractivity contribution in [1.29, 1.82) is 0 Å². The second-order valence-electron chi connectivity index (χ2n) is 5.46. The summed E-state index contributed by atoms with van der Waals surface area (Å²) < 4.78 is 0. The Kier molecular flexibility index (Phi) is 5.19. The Bertz CT molecular complexity index is 373. The lowest BCUT2D eigenvalue weighted by Gasteiger charge is -2.21. The van der Waals surface area contributed by atoms with Crippen molar-refractivity contribution >= 4 is 11.3 Å². The van der Waals surface area contributed by atoms with Gasteiger partial charge in [-0.2, -0.15) is 0 Å². The normalized spacial score (nSPS) is 20.7. The minimum absolute atomic E-state index is 0.629. The van der Waals surface area contributed by atoms with Gasteiger partial charge >= 0.3 is 0 Å². The summed E-state index contributed by atoms with van der Waals surface area (Å²) >= 11 is 1.97. The zero-order chi connectivity index (χ0) is 13.0. The van der Waals surface area contributed by atoms with Gasteiger partial charge in [-0.05, 0) is 38.6 Å². The molecular formula is C15H26N2S. The molecule has 2 atom stereocenters. The molecule has 0 amide bonds. The Balaban J connectivity index is 2.08. The van der Waals surface area contributed by atoms with Crippen molar-refractivity contribution in [1.82, 2.24) is 10.3 Å². The van der Waals surface area contributed by atoms with Gasteiger partial charge in [-0.1, -0.05) is 20.8 Å². The van der Waals surface area contributed by atoms with Crippen LogP contribution in [-0.4, -0.2) is 18.1 Å². The highest BCUT2D eigenvalue weighted by Gasteiger charge is 2.25. The van der Waals surface area contributed by atoms with E-state index in [9.17, 15) is 0 Å². The molecule has 2 nitrogen and oxygen atoms in total. The van der Waals surface area contributed by atoms with Gasteiger partial charge in [0.1, 0.15) is 0 Å². The molecule has 1 aromatic heterocycles. The monoisotopic (exact) mass is 266 g/mol. The summed E-state index contributed by atoms with van der Waals surface area (Å²) in [6.45, 7) is 9.03. The maximum absolute atomic E-state index is 4.96. The van der Waals surface area contributed by atoms with Crippen molar-refractivity contribution in [2.75, 3.05) is 13.1 Å². The lowest BCUT2D eigenvalue weighted by Crippen LogP contribution is -2.24. The number of aryl methyl sites for hydroxylation is 1. The van der Waals surface area contributed by atoms with Crippen LogP contribution >= 0.6 is 11.3 Å².